The van der Waals surface area contributed by atoms with E-state index in [1.165, 1.54) is 5.56 Å². The van der Waals surface area contributed by atoms with Crippen LogP contribution in [0.3, 0.4) is 0 Å². The van der Waals surface area contributed by atoms with Crippen LogP contribution < -0.4 is 9.47 Å². The van der Waals surface area contributed by atoms with Gasteiger partial charge in [0.05, 0.1) is 7.11 Å². The van der Waals surface area contributed by atoms with Crippen LogP contribution in [0.5, 0.6) is 11.5 Å². The van der Waals surface area contributed by atoms with Crippen molar-refractivity contribution in [3.63, 3.8) is 0 Å². The Balaban J connectivity index is 2.05. The molecule has 2 aromatic rings. The Morgan fingerprint density at radius 3 is 2.26 bits per heavy atom. The predicted molar refractivity (Wildman–Crippen MR) is 77.9 cm³/mol. The molecule has 0 bridgehead atoms. The van der Waals surface area contributed by atoms with Crippen molar-refractivity contribution in [3.8, 4) is 11.5 Å². The molecule has 2 nitrogen and oxygen atoms in total. The number of methoxy groups -OCH3 is 1. The summed E-state index contributed by atoms with van der Waals surface area (Å²) in [4.78, 5) is 0. The minimum Gasteiger partial charge on any atom is -0.497 e. The van der Waals surface area contributed by atoms with Crippen molar-refractivity contribution >= 4 is 0 Å². The Kier molecular flexibility index (Phi) is 4.45. The molecule has 19 heavy (non-hydrogen) atoms. The summed E-state index contributed by atoms with van der Waals surface area (Å²) in [7, 11) is 1.67. The molecule has 0 saturated heterocycles. The van der Waals surface area contributed by atoms with Gasteiger partial charge in [0.15, 0.2) is 0 Å². The first-order valence-corrected chi connectivity index (χ1v) is 6.55. The number of rotatable bonds is 5. The first-order chi connectivity index (χ1) is 9.20. The van der Waals surface area contributed by atoms with E-state index in [0.717, 1.165) is 17.1 Å². The topological polar surface area (TPSA) is 18.5 Å². The first-order valence-electron chi connectivity index (χ1n) is 6.55. The molecule has 0 amide bonds. The van der Waals surface area contributed by atoms with Crippen LogP contribution in [0, 0.1) is 0 Å². The maximum atomic E-state index is 5.92. The smallest absolute Gasteiger partial charge is 0.123 e. The lowest BCUT2D eigenvalue weighted by Crippen LogP contribution is -1.99. The van der Waals surface area contributed by atoms with E-state index in [1.54, 1.807) is 7.11 Å². The summed E-state index contributed by atoms with van der Waals surface area (Å²) >= 11 is 0. The first kappa shape index (κ1) is 13.5. The standard InChI is InChI=1S/C17H20O2/c1-13(2)16-6-4-5-7-17(16)19-12-14-8-10-15(18-3)11-9-14/h4-11,13H,12H2,1-3H3. The molecule has 0 aliphatic rings. The summed E-state index contributed by atoms with van der Waals surface area (Å²) in [5, 5.41) is 0. The molecule has 0 unspecified atom stereocenters. The zero-order chi connectivity index (χ0) is 13.7. The SMILES string of the molecule is COc1ccc(COc2ccccc2C(C)C)cc1. The maximum absolute atomic E-state index is 5.92. The maximum Gasteiger partial charge on any atom is 0.123 e. The van der Waals surface area contributed by atoms with Gasteiger partial charge in [-0.2, -0.15) is 0 Å². The van der Waals surface area contributed by atoms with Gasteiger partial charge in [-0.05, 0) is 35.2 Å². The predicted octanol–water partition coefficient (Wildman–Crippen LogP) is 4.40. The summed E-state index contributed by atoms with van der Waals surface area (Å²) in [6.07, 6.45) is 0. The van der Waals surface area contributed by atoms with E-state index < -0.39 is 0 Å². The normalized spacial score (nSPS) is 10.5. The van der Waals surface area contributed by atoms with Crippen molar-refractivity contribution in [2.75, 3.05) is 7.11 Å². The van der Waals surface area contributed by atoms with Gasteiger partial charge in [0.1, 0.15) is 18.1 Å². The van der Waals surface area contributed by atoms with Gasteiger partial charge in [-0.25, -0.2) is 0 Å². The van der Waals surface area contributed by atoms with E-state index in [-0.39, 0.29) is 0 Å². The zero-order valence-corrected chi connectivity index (χ0v) is 11.7. The molecule has 2 rings (SSSR count). The van der Waals surface area contributed by atoms with E-state index in [4.69, 9.17) is 9.47 Å². The molecule has 0 saturated carbocycles. The second-order valence-electron chi connectivity index (χ2n) is 4.83. The Bertz CT molecular complexity index is 515. The summed E-state index contributed by atoms with van der Waals surface area (Å²) in [6.45, 7) is 4.93. The molecule has 0 atom stereocenters. The van der Waals surface area contributed by atoms with Crippen LogP contribution >= 0.6 is 0 Å². The highest BCUT2D eigenvalue weighted by Crippen LogP contribution is 2.26. The van der Waals surface area contributed by atoms with Crippen LogP contribution in [0.15, 0.2) is 48.5 Å². The minimum absolute atomic E-state index is 0.465. The second kappa shape index (κ2) is 6.28. The average Bonchev–Trinajstić information content (AvgIpc) is 2.46. The molecule has 0 heterocycles. The lowest BCUT2D eigenvalue weighted by molar-refractivity contribution is 0.301. The van der Waals surface area contributed by atoms with Crippen LogP contribution in [0.25, 0.3) is 0 Å². The van der Waals surface area contributed by atoms with Gasteiger partial charge in [-0.15, -0.1) is 0 Å². The molecule has 0 aromatic heterocycles. The minimum atomic E-state index is 0.465. The van der Waals surface area contributed by atoms with Gasteiger partial charge in [0, 0.05) is 0 Å². The van der Waals surface area contributed by atoms with Crippen LogP contribution in [0.1, 0.15) is 30.9 Å². The van der Waals surface area contributed by atoms with Crippen LogP contribution in [0.2, 0.25) is 0 Å². The van der Waals surface area contributed by atoms with Crippen molar-refractivity contribution in [2.45, 2.75) is 26.4 Å². The molecule has 2 aromatic carbocycles. The fourth-order valence-corrected chi connectivity index (χ4v) is 1.97. The number of para-hydroxylation sites is 1. The molecule has 0 N–H and O–H groups in total. The van der Waals surface area contributed by atoms with Crippen LogP contribution in [0.4, 0.5) is 0 Å². The molecular weight excluding hydrogens is 236 g/mol. The molecule has 0 aliphatic carbocycles. The number of hydrogen-bond donors (Lipinski definition) is 0. The Hall–Kier alpha value is -1.96. The number of benzene rings is 2. The number of hydrogen-bond acceptors (Lipinski definition) is 2. The molecule has 0 radical (unpaired) electrons. The fourth-order valence-electron chi connectivity index (χ4n) is 1.97. The zero-order valence-electron chi connectivity index (χ0n) is 11.7. The highest BCUT2D eigenvalue weighted by atomic mass is 16.5. The molecule has 0 fully saturated rings. The summed E-state index contributed by atoms with van der Waals surface area (Å²) in [6, 6.07) is 16.2. The average molecular weight is 256 g/mol. The van der Waals surface area contributed by atoms with Crippen LogP contribution in [-0.4, -0.2) is 7.11 Å². The van der Waals surface area contributed by atoms with Crippen molar-refractivity contribution < 1.29 is 9.47 Å². The second-order valence-corrected chi connectivity index (χ2v) is 4.83. The Morgan fingerprint density at radius 2 is 1.63 bits per heavy atom. The van der Waals surface area contributed by atoms with Crippen molar-refractivity contribution in [1.82, 2.24) is 0 Å². The largest absolute Gasteiger partial charge is 0.497 e. The Labute approximate surface area is 115 Å². The molecular formula is C17H20O2. The lowest BCUT2D eigenvalue weighted by Gasteiger charge is -2.14. The summed E-state index contributed by atoms with van der Waals surface area (Å²) < 4.78 is 11.1. The molecule has 2 heteroatoms. The van der Waals surface area contributed by atoms with E-state index in [1.807, 2.05) is 36.4 Å². The van der Waals surface area contributed by atoms with E-state index in [0.29, 0.717) is 12.5 Å². The fraction of sp³-hybridized carbons (Fsp3) is 0.294. The van der Waals surface area contributed by atoms with Crippen LogP contribution in [-0.2, 0) is 6.61 Å². The van der Waals surface area contributed by atoms with E-state index in [9.17, 15) is 0 Å². The highest BCUT2D eigenvalue weighted by molar-refractivity contribution is 5.36. The van der Waals surface area contributed by atoms with Gasteiger partial charge >= 0.3 is 0 Å². The van der Waals surface area contributed by atoms with E-state index >= 15 is 0 Å². The van der Waals surface area contributed by atoms with Crippen molar-refractivity contribution in [1.29, 1.82) is 0 Å². The van der Waals surface area contributed by atoms with Gasteiger partial charge in [0.25, 0.3) is 0 Å². The molecule has 0 spiro atoms. The molecule has 0 aliphatic heterocycles. The van der Waals surface area contributed by atoms with Crippen molar-refractivity contribution in [2.24, 2.45) is 0 Å². The van der Waals surface area contributed by atoms with Crippen molar-refractivity contribution in [3.05, 3.63) is 59.7 Å². The lowest BCUT2D eigenvalue weighted by atomic mass is 10.0. The molecule has 100 valence electrons. The third-order valence-corrected chi connectivity index (χ3v) is 3.09. The van der Waals surface area contributed by atoms with Gasteiger partial charge in [-0.3, -0.25) is 0 Å². The summed E-state index contributed by atoms with van der Waals surface area (Å²) in [5.74, 6) is 2.30. The summed E-state index contributed by atoms with van der Waals surface area (Å²) in [5.41, 5.74) is 2.38. The van der Waals surface area contributed by atoms with E-state index in [2.05, 4.69) is 26.0 Å². The quantitative estimate of drug-likeness (QED) is 0.789. The monoisotopic (exact) mass is 256 g/mol. The Morgan fingerprint density at radius 1 is 0.947 bits per heavy atom. The van der Waals surface area contributed by atoms with Gasteiger partial charge in [-0.1, -0.05) is 44.2 Å². The third kappa shape index (κ3) is 3.50. The highest BCUT2D eigenvalue weighted by Gasteiger charge is 2.06. The number of ether oxygens (including phenoxy) is 2. The third-order valence-electron chi connectivity index (χ3n) is 3.09. The van der Waals surface area contributed by atoms with Gasteiger partial charge < -0.3 is 9.47 Å². The van der Waals surface area contributed by atoms with Gasteiger partial charge in [0.2, 0.25) is 0 Å².